The van der Waals surface area contributed by atoms with Crippen molar-refractivity contribution in [1.29, 1.82) is 0 Å². The molecule has 7 nitrogen and oxygen atoms in total. The van der Waals surface area contributed by atoms with Gasteiger partial charge in [0.1, 0.15) is 28.0 Å². The Morgan fingerprint density at radius 2 is 1.81 bits per heavy atom. The molecule has 2 aromatic heterocycles. The first-order valence-electron chi connectivity index (χ1n) is 13.0. The number of methoxy groups -OCH3 is 2. The monoisotopic (exact) mass is 508 g/mol. The number of aryl methyl sites for hydroxylation is 1. The minimum atomic E-state index is 0.00174. The molecule has 1 aromatic carbocycles. The minimum absolute atomic E-state index is 0.00174. The van der Waals surface area contributed by atoms with E-state index in [1.165, 1.54) is 22.2 Å². The number of aromatic nitrogens is 2. The molecule has 0 radical (unpaired) electrons. The van der Waals surface area contributed by atoms with Crippen molar-refractivity contribution < 1.29 is 14.3 Å². The van der Waals surface area contributed by atoms with Crippen LogP contribution in [0.1, 0.15) is 66.2 Å². The molecule has 1 aliphatic heterocycles. The molecule has 5 rings (SSSR count). The Morgan fingerprint density at radius 1 is 1.11 bits per heavy atom. The number of nitrogens with zero attached hydrogens (tertiary/aromatic N) is 4. The lowest BCUT2D eigenvalue weighted by Crippen LogP contribution is -2.49. The van der Waals surface area contributed by atoms with Gasteiger partial charge >= 0.3 is 0 Å². The molecule has 2 atom stereocenters. The van der Waals surface area contributed by atoms with E-state index in [0.29, 0.717) is 36.1 Å². The van der Waals surface area contributed by atoms with Gasteiger partial charge in [-0.15, -0.1) is 11.3 Å². The smallest absolute Gasteiger partial charge is 0.254 e. The maximum atomic E-state index is 13.3. The number of piperazine rings is 1. The highest BCUT2D eigenvalue weighted by molar-refractivity contribution is 7.19. The van der Waals surface area contributed by atoms with Gasteiger partial charge in [-0.05, 0) is 49.3 Å². The number of benzene rings is 1. The standard InChI is InChI=1S/C28H36N4O3S/c1-6-18(3)25-29-26(24-22-8-7-17(2)13-23(22)36-27(24)30-25)31-9-11-32(12-10-31)28(33)19-14-20(34-4)16-21(15-19)35-5/h14-18H,6-13H2,1-5H3. The van der Waals surface area contributed by atoms with Crippen molar-refractivity contribution in [1.82, 2.24) is 14.9 Å². The van der Waals surface area contributed by atoms with Gasteiger partial charge in [0.2, 0.25) is 0 Å². The summed E-state index contributed by atoms with van der Waals surface area (Å²) < 4.78 is 10.7. The maximum absolute atomic E-state index is 13.3. The molecule has 1 saturated heterocycles. The van der Waals surface area contributed by atoms with Crippen LogP contribution in [0.15, 0.2) is 18.2 Å². The summed E-state index contributed by atoms with van der Waals surface area (Å²) in [6, 6.07) is 5.34. The van der Waals surface area contributed by atoms with Crippen molar-refractivity contribution in [2.45, 2.75) is 52.4 Å². The second kappa shape index (κ2) is 10.2. The number of thiophene rings is 1. The van der Waals surface area contributed by atoms with Crippen LogP contribution in [0.2, 0.25) is 0 Å². The van der Waals surface area contributed by atoms with Crippen LogP contribution in [0.3, 0.4) is 0 Å². The van der Waals surface area contributed by atoms with Crippen molar-refractivity contribution in [2.75, 3.05) is 45.3 Å². The highest BCUT2D eigenvalue weighted by atomic mass is 32.1. The zero-order valence-electron chi connectivity index (χ0n) is 22.0. The van der Waals surface area contributed by atoms with Crippen LogP contribution >= 0.6 is 11.3 Å². The average molecular weight is 509 g/mol. The van der Waals surface area contributed by atoms with E-state index in [1.807, 2.05) is 16.2 Å². The molecule has 2 aliphatic rings. The van der Waals surface area contributed by atoms with Gasteiger partial charge in [-0.3, -0.25) is 4.79 Å². The molecule has 0 spiro atoms. The second-order valence-electron chi connectivity index (χ2n) is 10.1. The first kappa shape index (κ1) is 24.8. The van der Waals surface area contributed by atoms with Crippen LogP contribution in [0.5, 0.6) is 11.5 Å². The van der Waals surface area contributed by atoms with E-state index >= 15 is 0 Å². The van der Waals surface area contributed by atoms with Crippen LogP contribution in [0.4, 0.5) is 5.82 Å². The van der Waals surface area contributed by atoms with E-state index in [1.54, 1.807) is 32.4 Å². The van der Waals surface area contributed by atoms with Crippen molar-refractivity contribution >= 4 is 33.3 Å². The summed E-state index contributed by atoms with van der Waals surface area (Å²) in [5, 5.41) is 1.26. The van der Waals surface area contributed by atoms with E-state index in [2.05, 4.69) is 25.7 Å². The van der Waals surface area contributed by atoms with Crippen LogP contribution in [0, 0.1) is 5.92 Å². The Balaban J connectivity index is 1.42. The molecule has 3 heterocycles. The summed E-state index contributed by atoms with van der Waals surface area (Å²) in [4.78, 5) is 30.4. The molecule has 1 fully saturated rings. The van der Waals surface area contributed by atoms with Gasteiger partial charge in [0.05, 0.1) is 19.6 Å². The number of anilines is 1. The molecule has 2 unspecified atom stereocenters. The Morgan fingerprint density at radius 3 is 2.44 bits per heavy atom. The van der Waals surface area contributed by atoms with E-state index in [4.69, 9.17) is 19.4 Å². The van der Waals surface area contributed by atoms with Gasteiger partial charge < -0.3 is 19.3 Å². The fraction of sp³-hybridized carbons (Fsp3) is 0.536. The average Bonchev–Trinajstić information content (AvgIpc) is 3.28. The molecular formula is C28H36N4O3S. The van der Waals surface area contributed by atoms with Crippen LogP contribution < -0.4 is 14.4 Å². The Labute approximate surface area is 217 Å². The number of hydrogen-bond acceptors (Lipinski definition) is 7. The normalized spacial score (nSPS) is 18.8. The zero-order chi connectivity index (χ0) is 25.4. The predicted molar refractivity (Wildman–Crippen MR) is 145 cm³/mol. The van der Waals surface area contributed by atoms with E-state index < -0.39 is 0 Å². The number of amides is 1. The summed E-state index contributed by atoms with van der Waals surface area (Å²) in [6.45, 7) is 9.53. The third-order valence-electron chi connectivity index (χ3n) is 7.67. The van der Waals surface area contributed by atoms with E-state index in [0.717, 1.165) is 54.7 Å². The zero-order valence-corrected chi connectivity index (χ0v) is 22.8. The summed E-state index contributed by atoms with van der Waals surface area (Å²) in [5.74, 6) is 4.29. The van der Waals surface area contributed by atoms with Crippen molar-refractivity contribution in [3.63, 3.8) is 0 Å². The number of fused-ring (bicyclic) bond motifs is 3. The third-order valence-corrected chi connectivity index (χ3v) is 8.82. The Kier molecular flexibility index (Phi) is 7.06. The van der Waals surface area contributed by atoms with Crippen LogP contribution in [-0.4, -0.2) is 61.2 Å². The molecule has 8 heteroatoms. The predicted octanol–water partition coefficient (Wildman–Crippen LogP) is 5.31. The van der Waals surface area contributed by atoms with E-state index in [9.17, 15) is 4.79 Å². The van der Waals surface area contributed by atoms with Gasteiger partial charge in [0.15, 0.2) is 0 Å². The van der Waals surface area contributed by atoms with Crippen molar-refractivity contribution in [3.8, 4) is 11.5 Å². The molecule has 0 bridgehead atoms. The summed E-state index contributed by atoms with van der Waals surface area (Å²) in [6.07, 6.45) is 4.48. The summed E-state index contributed by atoms with van der Waals surface area (Å²) >= 11 is 1.87. The lowest BCUT2D eigenvalue weighted by Gasteiger charge is -2.36. The quantitative estimate of drug-likeness (QED) is 0.450. The molecular weight excluding hydrogens is 472 g/mol. The molecule has 1 aliphatic carbocycles. The number of carbonyl (C=O) groups is 1. The SMILES string of the molecule is CCC(C)c1nc(N2CCN(C(=O)c3cc(OC)cc(OC)c3)CC2)c2c3c(sc2n1)CC(C)CC3. The molecule has 0 N–H and O–H groups in total. The first-order valence-corrected chi connectivity index (χ1v) is 13.8. The highest BCUT2D eigenvalue weighted by Crippen LogP contribution is 2.42. The molecule has 3 aromatic rings. The molecule has 0 saturated carbocycles. The Hall–Kier alpha value is -2.87. The van der Waals surface area contributed by atoms with Gasteiger partial charge in [-0.2, -0.15) is 0 Å². The van der Waals surface area contributed by atoms with Gasteiger partial charge in [-0.25, -0.2) is 9.97 Å². The number of rotatable bonds is 6. The van der Waals surface area contributed by atoms with Gasteiger partial charge in [0, 0.05) is 48.6 Å². The molecule has 1 amide bonds. The topological polar surface area (TPSA) is 67.8 Å². The van der Waals surface area contributed by atoms with Gasteiger partial charge in [0.25, 0.3) is 5.91 Å². The number of carbonyl (C=O) groups excluding carboxylic acids is 1. The molecule has 192 valence electrons. The number of ether oxygens (including phenoxy) is 2. The summed E-state index contributed by atoms with van der Waals surface area (Å²) in [5.41, 5.74) is 2.05. The first-order chi connectivity index (χ1) is 17.4. The largest absolute Gasteiger partial charge is 0.497 e. The van der Waals surface area contributed by atoms with Crippen LogP contribution in [0.25, 0.3) is 10.2 Å². The fourth-order valence-corrected chi connectivity index (χ4v) is 6.59. The van der Waals surface area contributed by atoms with Crippen LogP contribution in [-0.2, 0) is 12.8 Å². The van der Waals surface area contributed by atoms with E-state index in [-0.39, 0.29) is 5.91 Å². The lowest BCUT2D eigenvalue weighted by atomic mass is 9.89. The summed E-state index contributed by atoms with van der Waals surface area (Å²) in [7, 11) is 3.20. The van der Waals surface area contributed by atoms with Gasteiger partial charge in [-0.1, -0.05) is 20.8 Å². The number of hydrogen-bond donors (Lipinski definition) is 0. The fourth-order valence-electron chi connectivity index (χ4n) is 5.21. The highest BCUT2D eigenvalue weighted by Gasteiger charge is 2.29. The third kappa shape index (κ3) is 4.63. The van der Waals surface area contributed by atoms with Crippen molar-refractivity contribution in [3.05, 3.63) is 40.0 Å². The lowest BCUT2D eigenvalue weighted by molar-refractivity contribution is 0.0746. The maximum Gasteiger partial charge on any atom is 0.254 e. The molecule has 36 heavy (non-hydrogen) atoms. The Bertz CT molecular complexity index is 1240. The van der Waals surface area contributed by atoms with Crippen molar-refractivity contribution in [2.24, 2.45) is 5.92 Å². The minimum Gasteiger partial charge on any atom is -0.497 e. The second-order valence-corrected chi connectivity index (χ2v) is 11.2.